The third kappa shape index (κ3) is 6.65. The number of rotatable bonds is 7. The normalized spacial score (nSPS) is 12.0. The molecule has 146 valence electrons. The van der Waals surface area contributed by atoms with E-state index in [-0.39, 0.29) is 17.0 Å². The minimum Gasteiger partial charge on any atom is -0.343 e. The summed E-state index contributed by atoms with van der Waals surface area (Å²) in [7, 11) is -3.85. The van der Waals surface area contributed by atoms with E-state index in [0.29, 0.717) is 6.42 Å². The molecule has 0 heterocycles. The van der Waals surface area contributed by atoms with E-state index in [2.05, 4.69) is 4.72 Å². The van der Waals surface area contributed by atoms with Crippen molar-refractivity contribution in [2.45, 2.75) is 17.5 Å². The first-order chi connectivity index (χ1) is 12.6. The van der Waals surface area contributed by atoms with Gasteiger partial charge in [-0.3, -0.25) is 4.79 Å². The molecule has 0 aliphatic rings. The van der Waals surface area contributed by atoms with E-state index < -0.39 is 34.5 Å². The van der Waals surface area contributed by atoms with Crippen LogP contribution in [-0.2, 0) is 16.4 Å². The summed E-state index contributed by atoms with van der Waals surface area (Å²) in [6.45, 7) is -1.40. The van der Waals surface area contributed by atoms with Gasteiger partial charge in [0.15, 0.2) is 0 Å². The lowest BCUT2D eigenvalue weighted by molar-refractivity contribution is -0.123. The molecule has 0 spiro atoms. The molecule has 2 rings (SSSR count). The van der Waals surface area contributed by atoms with Crippen LogP contribution in [0.5, 0.6) is 0 Å². The van der Waals surface area contributed by atoms with Gasteiger partial charge in [0.2, 0.25) is 10.0 Å². The summed E-state index contributed by atoms with van der Waals surface area (Å²) in [4.78, 5) is 11.5. The molecule has 2 aromatic rings. The highest BCUT2D eigenvalue weighted by Gasteiger charge is 2.28. The van der Waals surface area contributed by atoms with E-state index in [1.807, 2.05) is 0 Å². The SMILES string of the molecule is O=C(NCC(F)(F)F)c1ccc(S(=O)(=O)NCCc2ccc(F)cc2)cc1. The third-order valence-corrected chi connectivity index (χ3v) is 4.97. The van der Waals surface area contributed by atoms with Crippen molar-refractivity contribution in [3.8, 4) is 0 Å². The molecule has 0 saturated carbocycles. The van der Waals surface area contributed by atoms with Crippen LogP contribution in [0.25, 0.3) is 0 Å². The van der Waals surface area contributed by atoms with Crippen molar-refractivity contribution in [1.29, 1.82) is 0 Å². The topological polar surface area (TPSA) is 75.3 Å². The average Bonchev–Trinajstić information content (AvgIpc) is 2.61. The van der Waals surface area contributed by atoms with Gasteiger partial charge in [-0.2, -0.15) is 13.2 Å². The first-order valence-electron chi connectivity index (χ1n) is 7.76. The van der Waals surface area contributed by atoms with Crippen LogP contribution >= 0.6 is 0 Å². The second-order valence-corrected chi connectivity index (χ2v) is 7.36. The van der Waals surface area contributed by atoms with Gasteiger partial charge >= 0.3 is 6.18 Å². The summed E-state index contributed by atoms with van der Waals surface area (Å²) in [5, 5.41) is 1.70. The van der Waals surface area contributed by atoms with Gasteiger partial charge in [0, 0.05) is 12.1 Å². The monoisotopic (exact) mass is 404 g/mol. The van der Waals surface area contributed by atoms with Crippen molar-refractivity contribution >= 4 is 15.9 Å². The molecule has 0 radical (unpaired) electrons. The summed E-state index contributed by atoms with van der Waals surface area (Å²) in [6, 6.07) is 10.1. The molecule has 0 atom stereocenters. The number of nitrogens with one attached hydrogen (secondary N) is 2. The highest BCUT2D eigenvalue weighted by Crippen LogP contribution is 2.14. The number of benzene rings is 2. The number of alkyl halides is 3. The summed E-state index contributed by atoms with van der Waals surface area (Å²) in [5.74, 6) is -1.35. The lowest BCUT2D eigenvalue weighted by Crippen LogP contribution is -2.33. The van der Waals surface area contributed by atoms with Gasteiger partial charge in [-0.1, -0.05) is 12.1 Å². The third-order valence-electron chi connectivity index (χ3n) is 3.50. The summed E-state index contributed by atoms with van der Waals surface area (Å²) in [5.41, 5.74) is 0.653. The molecule has 0 aliphatic heterocycles. The Balaban J connectivity index is 1.94. The van der Waals surface area contributed by atoms with E-state index in [9.17, 15) is 30.8 Å². The highest BCUT2D eigenvalue weighted by molar-refractivity contribution is 7.89. The van der Waals surface area contributed by atoms with Crippen LogP contribution in [-0.4, -0.2) is 33.6 Å². The number of carbonyl (C=O) groups excluding carboxylic acids is 1. The fourth-order valence-electron chi connectivity index (χ4n) is 2.13. The molecule has 0 aromatic heterocycles. The number of hydrogen-bond acceptors (Lipinski definition) is 3. The standard InChI is InChI=1S/C17H16F4N2O3S/c18-14-5-1-12(2-6-14)9-10-23-27(25,26)15-7-3-13(4-8-15)16(24)22-11-17(19,20)21/h1-8,23H,9-11H2,(H,22,24). The van der Waals surface area contributed by atoms with Crippen LogP contribution in [0.3, 0.4) is 0 Å². The van der Waals surface area contributed by atoms with Crippen LogP contribution in [0.1, 0.15) is 15.9 Å². The van der Waals surface area contributed by atoms with Crippen molar-refractivity contribution < 1.29 is 30.8 Å². The van der Waals surface area contributed by atoms with Gasteiger partial charge in [0.25, 0.3) is 5.91 Å². The lowest BCUT2D eigenvalue weighted by atomic mass is 10.1. The molecule has 0 fully saturated rings. The first kappa shape index (κ1) is 20.8. The zero-order valence-electron chi connectivity index (χ0n) is 13.9. The molecule has 2 N–H and O–H groups in total. The molecule has 0 saturated heterocycles. The van der Waals surface area contributed by atoms with Crippen molar-refractivity contribution in [2.24, 2.45) is 0 Å². The zero-order chi connectivity index (χ0) is 20.1. The van der Waals surface area contributed by atoms with Crippen molar-refractivity contribution in [3.05, 3.63) is 65.5 Å². The molecule has 10 heteroatoms. The number of hydrogen-bond donors (Lipinski definition) is 2. The molecule has 0 aliphatic carbocycles. The zero-order valence-corrected chi connectivity index (χ0v) is 14.7. The largest absolute Gasteiger partial charge is 0.405 e. The average molecular weight is 404 g/mol. The highest BCUT2D eigenvalue weighted by atomic mass is 32.2. The van der Waals surface area contributed by atoms with Gasteiger partial charge < -0.3 is 5.32 Å². The predicted molar refractivity (Wildman–Crippen MR) is 90.1 cm³/mol. The maximum atomic E-state index is 12.8. The molecular weight excluding hydrogens is 388 g/mol. The number of amides is 1. The summed E-state index contributed by atoms with van der Waals surface area (Å²) < 4.78 is 75.8. The molecule has 1 amide bonds. The quantitative estimate of drug-likeness (QED) is 0.697. The number of sulfonamides is 1. The van der Waals surface area contributed by atoms with E-state index >= 15 is 0 Å². The van der Waals surface area contributed by atoms with Gasteiger partial charge in [-0.05, 0) is 48.4 Å². The molecule has 5 nitrogen and oxygen atoms in total. The van der Waals surface area contributed by atoms with E-state index in [4.69, 9.17) is 0 Å². The summed E-state index contributed by atoms with van der Waals surface area (Å²) >= 11 is 0. The van der Waals surface area contributed by atoms with Gasteiger partial charge in [0.1, 0.15) is 12.4 Å². The number of halogens is 4. The van der Waals surface area contributed by atoms with Crippen LogP contribution in [0, 0.1) is 5.82 Å². The maximum Gasteiger partial charge on any atom is 0.405 e. The smallest absolute Gasteiger partial charge is 0.343 e. The van der Waals surface area contributed by atoms with E-state index in [1.54, 1.807) is 5.32 Å². The molecule has 2 aromatic carbocycles. The Kier molecular flexibility index (Phi) is 6.55. The van der Waals surface area contributed by atoms with Crippen molar-refractivity contribution in [1.82, 2.24) is 10.0 Å². The van der Waals surface area contributed by atoms with E-state index in [1.165, 1.54) is 24.3 Å². The minimum absolute atomic E-state index is 0.0712. The minimum atomic E-state index is -4.53. The Bertz CT molecular complexity index is 880. The Labute approximate surface area is 153 Å². The fourth-order valence-corrected chi connectivity index (χ4v) is 3.16. The first-order valence-corrected chi connectivity index (χ1v) is 9.24. The second-order valence-electron chi connectivity index (χ2n) is 5.60. The van der Waals surface area contributed by atoms with Gasteiger partial charge in [-0.25, -0.2) is 17.5 Å². The fraction of sp³-hybridized carbons (Fsp3) is 0.235. The lowest BCUT2D eigenvalue weighted by Gasteiger charge is -2.10. The van der Waals surface area contributed by atoms with E-state index in [0.717, 1.165) is 29.8 Å². The van der Waals surface area contributed by atoms with Crippen LogP contribution in [0.15, 0.2) is 53.4 Å². The molecule has 27 heavy (non-hydrogen) atoms. The Morgan fingerprint density at radius 3 is 2.11 bits per heavy atom. The van der Waals surface area contributed by atoms with Crippen LogP contribution < -0.4 is 10.0 Å². The van der Waals surface area contributed by atoms with Crippen LogP contribution in [0.4, 0.5) is 17.6 Å². The predicted octanol–water partition coefficient (Wildman–Crippen LogP) is 2.64. The maximum absolute atomic E-state index is 12.8. The van der Waals surface area contributed by atoms with Crippen molar-refractivity contribution in [2.75, 3.05) is 13.1 Å². The van der Waals surface area contributed by atoms with Gasteiger partial charge in [0.05, 0.1) is 4.90 Å². The number of carbonyl (C=O) groups is 1. The van der Waals surface area contributed by atoms with Crippen molar-refractivity contribution in [3.63, 3.8) is 0 Å². The van der Waals surface area contributed by atoms with Gasteiger partial charge in [-0.15, -0.1) is 0 Å². The van der Waals surface area contributed by atoms with Crippen LogP contribution in [0.2, 0.25) is 0 Å². The Hall–Kier alpha value is -2.46. The Morgan fingerprint density at radius 2 is 1.56 bits per heavy atom. The molecular formula is C17H16F4N2O3S. The second kappa shape index (κ2) is 8.49. The molecule has 0 unspecified atom stereocenters. The Morgan fingerprint density at radius 1 is 0.963 bits per heavy atom. The summed E-state index contributed by atoms with van der Waals surface area (Å²) in [6.07, 6.45) is -4.19. The molecule has 0 bridgehead atoms.